The third kappa shape index (κ3) is 5.80. The summed E-state index contributed by atoms with van der Waals surface area (Å²) in [5.74, 6) is 11.4. The van der Waals surface area contributed by atoms with E-state index < -0.39 is 4.92 Å². The number of pyridine rings is 1. The summed E-state index contributed by atoms with van der Waals surface area (Å²) in [7, 11) is 0. The van der Waals surface area contributed by atoms with E-state index in [1.54, 1.807) is 24.3 Å². The number of hydrogen-bond donors (Lipinski definition) is 0. The monoisotopic (exact) mass is 398 g/mol. The van der Waals surface area contributed by atoms with Gasteiger partial charge in [0.15, 0.2) is 10.8 Å². The number of carbonyl (C=O) groups excluding carboxylic acids is 1. The van der Waals surface area contributed by atoms with Gasteiger partial charge in [-0.1, -0.05) is 47.7 Å². The Labute approximate surface area is 172 Å². The van der Waals surface area contributed by atoms with Gasteiger partial charge < -0.3 is 0 Å². The number of thioether (sulfide) groups is 1. The van der Waals surface area contributed by atoms with Crippen LogP contribution in [0.5, 0.6) is 0 Å². The van der Waals surface area contributed by atoms with Crippen LogP contribution in [0.15, 0.2) is 71.8 Å². The second-order valence-electron chi connectivity index (χ2n) is 5.83. The van der Waals surface area contributed by atoms with Gasteiger partial charge in [0.25, 0.3) is 0 Å². The van der Waals surface area contributed by atoms with E-state index in [-0.39, 0.29) is 16.5 Å². The predicted molar refractivity (Wildman–Crippen MR) is 112 cm³/mol. The smallest absolute Gasteiger partial charge is 0.287 e. The molecule has 0 atom stereocenters. The van der Waals surface area contributed by atoms with Crippen LogP contribution in [-0.4, -0.2) is 15.0 Å². The molecule has 3 rings (SSSR count). The molecular formula is C23H14N2O3S. The van der Waals surface area contributed by atoms with E-state index in [0.717, 1.165) is 27.8 Å². The van der Waals surface area contributed by atoms with Gasteiger partial charge in [0.2, 0.25) is 0 Å². The Morgan fingerprint density at radius 2 is 1.55 bits per heavy atom. The lowest BCUT2D eigenvalue weighted by molar-refractivity contribution is -0.385. The Balaban J connectivity index is 1.84. The Bertz CT molecular complexity index is 1180. The van der Waals surface area contributed by atoms with Crippen LogP contribution in [0.2, 0.25) is 0 Å². The van der Waals surface area contributed by atoms with E-state index in [9.17, 15) is 14.9 Å². The molecule has 6 heteroatoms. The number of aromatic nitrogens is 1. The van der Waals surface area contributed by atoms with Gasteiger partial charge in [-0.25, -0.2) is 4.98 Å². The van der Waals surface area contributed by atoms with Gasteiger partial charge in [0.1, 0.15) is 0 Å². The minimum atomic E-state index is -0.513. The molecule has 1 heterocycles. The molecule has 0 amide bonds. The van der Waals surface area contributed by atoms with Crippen molar-refractivity contribution in [2.45, 2.75) is 11.8 Å². The fraction of sp³-hybridized carbons (Fsp3) is 0.0435. The highest BCUT2D eigenvalue weighted by atomic mass is 32.2. The van der Waals surface area contributed by atoms with E-state index in [4.69, 9.17) is 0 Å². The molecule has 0 aliphatic heterocycles. The maximum absolute atomic E-state index is 11.4. The van der Waals surface area contributed by atoms with Crippen molar-refractivity contribution in [1.82, 2.24) is 4.98 Å². The fourth-order valence-electron chi connectivity index (χ4n) is 2.33. The molecule has 0 saturated heterocycles. The Kier molecular flexibility index (Phi) is 6.42. The molecule has 0 unspecified atom stereocenters. The summed E-state index contributed by atoms with van der Waals surface area (Å²) in [5.41, 5.74) is 1.81. The van der Waals surface area contributed by atoms with Crippen molar-refractivity contribution in [2.75, 3.05) is 0 Å². The van der Waals surface area contributed by atoms with Crippen molar-refractivity contribution in [3.05, 3.63) is 99.4 Å². The first-order chi connectivity index (χ1) is 14.0. The molecule has 1 aromatic heterocycles. The number of benzene rings is 2. The first-order valence-corrected chi connectivity index (χ1v) is 9.35. The number of rotatable bonds is 2. The molecule has 0 aliphatic rings. The zero-order chi connectivity index (χ0) is 20.6. The number of nitrogens with zero attached hydrogens (tertiary/aromatic N) is 2. The van der Waals surface area contributed by atoms with Gasteiger partial charge in [-0.2, -0.15) is 0 Å². The summed E-state index contributed by atoms with van der Waals surface area (Å²) < 4.78 is 0. The molecule has 3 aromatic rings. The van der Waals surface area contributed by atoms with Gasteiger partial charge in [-0.15, -0.1) is 0 Å². The molecule has 29 heavy (non-hydrogen) atoms. The number of hydrogen-bond acceptors (Lipinski definition) is 5. The van der Waals surface area contributed by atoms with Crippen molar-refractivity contribution in [3.63, 3.8) is 0 Å². The highest BCUT2D eigenvalue weighted by molar-refractivity contribution is 8.13. The van der Waals surface area contributed by atoms with Gasteiger partial charge >= 0.3 is 5.69 Å². The lowest BCUT2D eigenvalue weighted by atomic mass is 10.1. The maximum Gasteiger partial charge on any atom is 0.304 e. The predicted octanol–water partition coefficient (Wildman–Crippen LogP) is 4.43. The van der Waals surface area contributed by atoms with Crippen LogP contribution in [0, 0.1) is 33.8 Å². The van der Waals surface area contributed by atoms with Crippen molar-refractivity contribution in [2.24, 2.45) is 0 Å². The third-order valence-corrected chi connectivity index (χ3v) is 4.43. The van der Waals surface area contributed by atoms with Gasteiger partial charge in [-0.05, 0) is 42.3 Å². The molecule has 0 bridgehead atoms. The van der Waals surface area contributed by atoms with E-state index in [1.807, 2.05) is 30.3 Å². The molecule has 140 valence electrons. The highest BCUT2D eigenvalue weighted by Crippen LogP contribution is 2.19. The third-order valence-electron chi connectivity index (χ3n) is 3.63. The van der Waals surface area contributed by atoms with Crippen LogP contribution in [0.25, 0.3) is 0 Å². The van der Waals surface area contributed by atoms with Crippen molar-refractivity contribution in [3.8, 4) is 23.7 Å². The molecule has 5 nitrogen and oxygen atoms in total. The molecule has 0 spiro atoms. The molecular weight excluding hydrogens is 384 g/mol. The van der Waals surface area contributed by atoms with Crippen LogP contribution >= 0.6 is 11.8 Å². The summed E-state index contributed by atoms with van der Waals surface area (Å²) in [6.45, 7) is 1.51. The van der Waals surface area contributed by atoms with Crippen molar-refractivity contribution in [1.29, 1.82) is 0 Å². The molecule has 0 N–H and O–H groups in total. The van der Waals surface area contributed by atoms with Crippen LogP contribution in [0.3, 0.4) is 0 Å². The van der Waals surface area contributed by atoms with Gasteiger partial charge in [0.05, 0.1) is 10.5 Å². The summed E-state index contributed by atoms with van der Waals surface area (Å²) >= 11 is 1.15. The van der Waals surface area contributed by atoms with E-state index in [2.05, 4.69) is 28.7 Å². The van der Waals surface area contributed by atoms with Crippen molar-refractivity contribution < 1.29 is 9.72 Å². The van der Waals surface area contributed by atoms with Gasteiger partial charge in [0, 0.05) is 35.2 Å². The molecule has 0 aliphatic carbocycles. The van der Waals surface area contributed by atoms with Crippen molar-refractivity contribution >= 4 is 22.6 Å². The average molecular weight is 398 g/mol. The minimum absolute atomic E-state index is 0.0117. The molecule has 0 fully saturated rings. The Morgan fingerprint density at radius 1 is 0.931 bits per heavy atom. The summed E-state index contributed by atoms with van der Waals surface area (Å²) in [5, 5.41) is 11.4. The fourth-order valence-corrected chi connectivity index (χ4v) is 2.93. The molecule has 2 aromatic carbocycles. The zero-order valence-electron chi connectivity index (χ0n) is 15.4. The largest absolute Gasteiger partial charge is 0.304 e. The Hall–Kier alpha value is -3.87. The van der Waals surface area contributed by atoms with E-state index >= 15 is 0 Å². The van der Waals surface area contributed by atoms with Crippen LogP contribution < -0.4 is 0 Å². The van der Waals surface area contributed by atoms with Gasteiger partial charge in [-0.3, -0.25) is 14.9 Å². The number of nitro groups is 1. The maximum atomic E-state index is 11.4. The summed E-state index contributed by atoms with van der Waals surface area (Å²) in [6.07, 6.45) is 1.47. The SMILES string of the molecule is CC(=O)Sc1ccc(C#Cc2cnc(C#Cc3ccccc3)c([N+](=O)[O-])c2)cc1. The second-order valence-corrected chi connectivity index (χ2v) is 7.08. The second kappa shape index (κ2) is 9.36. The normalized spacial score (nSPS) is 9.55. The lowest BCUT2D eigenvalue weighted by Gasteiger charge is -1.97. The van der Waals surface area contributed by atoms with Crippen LogP contribution in [0.1, 0.15) is 29.3 Å². The molecule has 0 saturated carbocycles. The van der Waals surface area contributed by atoms with E-state index in [1.165, 1.54) is 19.2 Å². The zero-order valence-corrected chi connectivity index (χ0v) is 16.2. The van der Waals surface area contributed by atoms with Crippen LogP contribution in [0.4, 0.5) is 5.69 Å². The Morgan fingerprint density at radius 3 is 2.21 bits per heavy atom. The van der Waals surface area contributed by atoms with E-state index in [0.29, 0.717) is 5.56 Å². The average Bonchev–Trinajstić information content (AvgIpc) is 2.72. The summed E-state index contributed by atoms with van der Waals surface area (Å²) in [4.78, 5) is 27.0. The quantitative estimate of drug-likeness (QED) is 0.276. The summed E-state index contributed by atoms with van der Waals surface area (Å²) in [6, 6.07) is 17.8. The minimum Gasteiger partial charge on any atom is -0.287 e. The molecule has 0 radical (unpaired) electrons. The lowest BCUT2D eigenvalue weighted by Crippen LogP contribution is -1.96. The van der Waals surface area contributed by atoms with Crippen LogP contribution in [-0.2, 0) is 4.79 Å². The topological polar surface area (TPSA) is 73.1 Å². The highest BCUT2D eigenvalue weighted by Gasteiger charge is 2.14. The standard InChI is InChI=1S/C23H14N2O3S/c1-17(26)29-21-12-9-19(10-13-21)7-8-20-15-23(25(27)28)22(24-16-20)14-11-18-5-3-2-4-6-18/h2-6,9-10,12-13,15-16H,1H3. The first kappa shape index (κ1) is 19.9. The number of carbonyl (C=O) groups is 1. The first-order valence-electron chi connectivity index (χ1n) is 8.53.